The number of hydrazone groups is 1. The van der Waals surface area contributed by atoms with Gasteiger partial charge in [-0.2, -0.15) is 5.10 Å². The van der Waals surface area contributed by atoms with Gasteiger partial charge in [-0.3, -0.25) is 0 Å². The summed E-state index contributed by atoms with van der Waals surface area (Å²) in [5.41, 5.74) is 10.1. The summed E-state index contributed by atoms with van der Waals surface area (Å²) < 4.78 is 0. The van der Waals surface area contributed by atoms with Crippen LogP contribution in [-0.2, 0) is 6.42 Å². The molecule has 110 valence electrons. The van der Waals surface area contributed by atoms with Crippen LogP contribution in [0, 0.1) is 5.92 Å². The van der Waals surface area contributed by atoms with Crippen molar-refractivity contribution in [2.75, 3.05) is 0 Å². The Labute approximate surface area is 129 Å². The second-order valence-electron chi connectivity index (χ2n) is 5.83. The Hall–Kier alpha value is -2.62. The number of primary amides is 1. The number of nitrogens with two attached hydrogens (primary N) is 1. The van der Waals surface area contributed by atoms with E-state index in [1.54, 1.807) is 0 Å². The summed E-state index contributed by atoms with van der Waals surface area (Å²) in [6.07, 6.45) is 2.00. The lowest BCUT2D eigenvalue weighted by molar-refractivity contribution is 0.184. The Bertz CT molecular complexity index is 754. The van der Waals surface area contributed by atoms with Crippen molar-refractivity contribution in [2.45, 2.75) is 18.9 Å². The maximum Gasteiger partial charge on any atom is 0.335 e. The lowest BCUT2D eigenvalue weighted by Crippen LogP contribution is -2.35. The van der Waals surface area contributed by atoms with Gasteiger partial charge in [0.15, 0.2) is 0 Å². The molecule has 22 heavy (non-hydrogen) atoms. The van der Waals surface area contributed by atoms with Gasteiger partial charge in [0.05, 0.1) is 11.8 Å². The summed E-state index contributed by atoms with van der Waals surface area (Å²) >= 11 is 0. The van der Waals surface area contributed by atoms with E-state index >= 15 is 0 Å². The normalized spacial score (nSPS) is 22.7. The van der Waals surface area contributed by atoms with Crippen molar-refractivity contribution in [2.24, 2.45) is 16.8 Å². The minimum atomic E-state index is -0.492. The lowest BCUT2D eigenvalue weighted by Gasteiger charge is -2.28. The highest BCUT2D eigenvalue weighted by Gasteiger charge is 2.43. The molecule has 0 spiro atoms. The molecule has 0 saturated heterocycles. The number of benzene rings is 2. The third-order valence-electron chi connectivity index (χ3n) is 4.60. The molecule has 0 radical (unpaired) electrons. The summed E-state index contributed by atoms with van der Waals surface area (Å²) in [4.78, 5) is 11.9. The summed E-state index contributed by atoms with van der Waals surface area (Å²) in [7, 11) is 0. The van der Waals surface area contributed by atoms with Crippen molar-refractivity contribution in [1.82, 2.24) is 5.01 Å². The van der Waals surface area contributed by atoms with E-state index in [2.05, 4.69) is 23.3 Å². The minimum Gasteiger partial charge on any atom is -0.350 e. The molecule has 2 aliphatic rings. The molecule has 2 amide bonds. The maximum atomic E-state index is 11.9. The molecule has 0 saturated carbocycles. The molecule has 4 nitrogen and oxygen atoms in total. The highest BCUT2D eigenvalue weighted by atomic mass is 16.2. The largest absolute Gasteiger partial charge is 0.350 e. The quantitative estimate of drug-likeness (QED) is 0.862. The number of urea groups is 1. The van der Waals surface area contributed by atoms with Gasteiger partial charge in [0.1, 0.15) is 0 Å². The maximum absolute atomic E-state index is 11.9. The van der Waals surface area contributed by atoms with Crippen LogP contribution in [0.4, 0.5) is 4.79 Å². The number of hydrogen-bond acceptors (Lipinski definition) is 2. The minimum absolute atomic E-state index is 0.0953. The standard InChI is InChI=1S/C18H17N3O/c19-18(22)21-17(13-7-2-1-3-8-13)15-11-10-12-6-4-5-9-14(12)16(15)20-21/h1-9,15,17H,10-11H2,(H2,19,22)/t15-,17-/m1/s1. The van der Waals surface area contributed by atoms with Crippen LogP contribution in [0.25, 0.3) is 0 Å². The average Bonchev–Trinajstić information content (AvgIpc) is 2.96. The monoisotopic (exact) mass is 291 g/mol. The molecule has 2 aromatic carbocycles. The van der Waals surface area contributed by atoms with Gasteiger partial charge in [-0.05, 0) is 24.0 Å². The second kappa shape index (κ2) is 4.98. The van der Waals surface area contributed by atoms with Gasteiger partial charge in [0.25, 0.3) is 0 Å². The first-order chi connectivity index (χ1) is 10.8. The van der Waals surface area contributed by atoms with Crippen LogP contribution < -0.4 is 5.73 Å². The molecule has 1 heterocycles. The molecule has 1 aliphatic carbocycles. The molecule has 0 unspecified atom stereocenters. The third kappa shape index (κ3) is 1.91. The highest BCUT2D eigenvalue weighted by molar-refractivity contribution is 6.06. The number of nitrogens with zero attached hydrogens (tertiary/aromatic N) is 2. The van der Waals surface area contributed by atoms with E-state index in [0.29, 0.717) is 0 Å². The molecule has 4 rings (SSSR count). The lowest BCUT2D eigenvalue weighted by atomic mass is 9.77. The fraction of sp³-hybridized carbons (Fsp3) is 0.222. The van der Waals surface area contributed by atoms with Crippen LogP contribution in [0.1, 0.15) is 29.2 Å². The van der Waals surface area contributed by atoms with Crippen molar-refractivity contribution in [3.05, 3.63) is 71.3 Å². The molecule has 4 heteroatoms. The van der Waals surface area contributed by atoms with Crippen LogP contribution in [0.2, 0.25) is 0 Å². The fourth-order valence-electron chi connectivity index (χ4n) is 3.63. The smallest absolute Gasteiger partial charge is 0.335 e. The van der Waals surface area contributed by atoms with Gasteiger partial charge in [-0.15, -0.1) is 0 Å². The number of carbonyl (C=O) groups excluding carboxylic acids is 1. The van der Waals surface area contributed by atoms with E-state index in [0.717, 1.165) is 29.7 Å². The Balaban J connectivity index is 1.82. The summed E-state index contributed by atoms with van der Waals surface area (Å²) in [6, 6.07) is 17.8. The molecule has 2 atom stereocenters. The van der Waals surface area contributed by atoms with E-state index in [-0.39, 0.29) is 12.0 Å². The number of aryl methyl sites for hydroxylation is 1. The van der Waals surface area contributed by atoms with E-state index < -0.39 is 6.03 Å². The van der Waals surface area contributed by atoms with Crippen LogP contribution in [0.3, 0.4) is 0 Å². The van der Waals surface area contributed by atoms with E-state index in [1.807, 2.05) is 36.4 Å². The summed E-state index contributed by atoms with van der Waals surface area (Å²) in [6.45, 7) is 0. The van der Waals surface area contributed by atoms with Crippen LogP contribution >= 0.6 is 0 Å². The third-order valence-corrected chi connectivity index (χ3v) is 4.60. The van der Waals surface area contributed by atoms with Crippen molar-refractivity contribution in [1.29, 1.82) is 0 Å². The zero-order chi connectivity index (χ0) is 15.1. The van der Waals surface area contributed by atoms with Crippen LogP contribution in [0.5, 0.6) is 0 Å². The zero-order valence-electron chi connectivity index (χ0n) is 12.1. The van der Waals surface area contributed by atoms with Gasteiger partial charge < -0.3 is 5.73 Å². The molecule has 0 fully saturated rings. The Kier molecular flexibility index (Phi) is 2.96. The SMILES string of the molecule is NC(=O)N1N=C2c3ccccc3CC[C@H]2[C@H]1c1ccccc1. The number of carbonyl (C=O) groups is 1. The predicted molar refractivity (Wildman–Crippen MR) is 85.4 cm³/mol. The summed E-state index contributed by atoms with van der Waals surface area (Å²) in [5, 5.41) is 6.04. The molecule has 2 aromatic rings. The molecular formula is C18H17N3O. The van der Waals surface area contributed by atoms with Crippen molar-refractivity contribution in [3.8, 4) is 0 Å². The van der Waals surface area contributed by atoms with Crippen LogP contribution in [-0.4, -0.2) is 16.8 Å². The van der Waals surface area contributed by atoms with Gasteiger partial charge >= 0.3 is 6.03 Å². The van der Waals surface area contributed by atoms with Gasteiger partial charge in [-0.25, -0.2) is 9.80 Å². The van der Waals surface area contributed by atoms with E-state index in [1.165, 1.54) is 10.6 Å². The fourth-order valence-corrected chi connectivity index (χ4v) is 3.63. The first-order valence-corrected chi connectivity index (χ1v) is 7.56. The molecule has 0 aromatic heterocycles. The average molecular weight is 291 g/mol. The number of fused-ring (bicyclic) bond motifs is 3. The van der Waals surface area contributed by atoms with Crippen LogP contribution in [0.15, 0.2) is 59.7 Å². The van der Waals surface area contributed by atoms with E-state index in [4.69, 9.17) is 5.73 Å². The number of rotatable bonds is 1. The van der Waals surface area contributed by atoms with E-state index in [9.17, 15) is 4.79 Å². The first-order valence-electron chi connectivity index (χ1n) is 7.56. The number of amides is 2. The number of hydrogen-bond donors (Lipinski definition) is 1. The van der Waals surface area contributed by atoms with Crippen molar-refractivity contribution in [3.63, 3.8) is 0 Å². The van der Waals surface area contributed by atoms with Gasteiger partial charge in [0.2, 0.25) is 0 Å². The van der Waals surface area contributed by atoms with Crippen molar-refractivity contribution >= 4 is 11.7 Å². The topological polar surface area (TPSA) is 58.7 Å². The highest BCUT2D eigenvalue weighted by Crippen LogP contribution is 2.42. The predicted octanol–water partition coefficient (Wildman–Crippen LogP) is 3.09. The Morgan fingerprint density at radius 2 is 1.82 bits per heavy atom. The molecule has 0 bridgehead atoms. The first kappa shape index (κ1) is 13.1. The molecule has 2 N–H and O–H groups in total. The Morgan fingerprint density at radius 3 is 2.59 bits per heavy atom. The van der Waals surface area contributed by atoms with Gasteiger partial charge in [-0.1, -0.05) is 54.6 Å². The molecule has 1 aliphatic heterocycles. The second-order valence-corrected chi connectivity index (χ2v) is 5.83. The summed E-state index contributed by atoms with van der Waals surface area (Å²) in [5.74, 6) is 0.213. The zero-order valence-corrected chi connectivity index (χ0v) is 12.1. The van der Waals surface area contributed by atoms with Gasteiger partial charge in [0, 0.05) is 11.5 Å². The van der Waals surface area contributed by atoms with Crippen molar-refractivity contribution < 1.29 is 4.79 Å². The Morgan fingerprint density at radius 1 is 1.09 bits per heavy atom. The molecular weight excluding hydrogens is 274 g/mol.